The standard InChI is InChI=1S/C11H14ClFN2O2/c1-7(16)5-6-14-11(17)15-9-4-2-3-8(12)10(9)13/h2-4,7,16H,5-6H2,1H3,(H2,14,15,17). The fourth-order valence-corrected chi connectivity index (χ4v) is 1.34. The summed E-state index contributed by atoms with van der Waals surface area (Å²) in [6.07, 6.45) is -0.0518. The van der Waals surface area contributed by atoms with Gasteiger partial charge >= 0.3 is 6.03 Å². The molecule has 0 saturated carbocycles. The number of benzene rings is 1. The van der Waals surface area contributed by atoms with Crippen molar-refractivity contribution in [2.75, 3.05) is 11.9 Å². The van der Waals surface area contributed by atoms with Crippen molar-refractivity contribution >= 4 is 23.3 Å². The Kier molecular flexibility index (Phi) is 5.18. The first kappa shape index (κ1) is 13.7. The Labute approximate surface area is 104 Å². The molecule has 3 N–H and O–H groups in total. The zero-order valence-corrected chi connectivity index (χ0v) is 10.1. The van der Waals surface area contributed by atoms with Gasteiger partial charge in [0, 0.05) is 6.54 Å². The van der Waals surface area contributed by atoms with Gasteiger partial charge in [0.25, 0.3) is 0 Å². The lowest BCUT2D eigenvalue weighted by Crippen LogP contribution is -2.31. The average Bonchev–Trinajstić information content (AvgIpc) is 2.24. The SMILES string of the molecule is CC(O)CCNC(=O)Nc1cccc(Cl)c1F. The van der Waals surface area contributed by atoms with Crippen LogP contribution in [0.25, 0.3) is 0 Å². The molecule has 4 nitrogen and oxygen atoms in total. The molecule has 6 heteroatoms. The number of nitrogens with one attached hydrogen (secondary N) is 2. The highest BCUT2D eigenvalue weighted by Gasteiger charge is 2.09. The number of rotatable bonds is 4. The Morgan fingerprint density at radius 3 is 2.94 bits per heavy atom. The molecule has 0 bridgehead atoms. The van der Waals surface area contributed by atoms with Gasteiger partial charge in [-0.3, -0.25) is 0 Å². The van der Waals surface area contributed by atoms with Crippen molar-refractivity contribution in [1.29, 1.82) is 0 Å². The van der Waals surface area contributed by atoms with E-state index in [-0.39, 0.29) is 10.7 Å². The van der Waals surface area contributed by atoms with Gasteiger partial charge in [-0.25, -0.2) is 9.18 Å². The molecule has 2 amide bonds. The van der Waals surface area contributed by atoms with E-state index < -0.39 is 18.0 Å². The molecule has 94 valence electrons. The van der Waals surface area contributed by atoms with E-state index in [0.717, 1.165) is 0 Å². The molecule has 0 fully saturated rings. The van der Waals surface area contributed by atoms with E-state index in [2.05, 4.69) is 10.6 Å². The Morgan fingerprint density at radius 2 is 2.29 bits per heavy atom. The zero-order chi connectivity index (χ0) is 12.8. The number of aliphatic hydroxyl groups excluding tert-OH is 1. The van der Waals surface area contributed by atoms with Crippen LogP contribution in [0.15, 0.2) is 18.2 Å². The lowest BCUT2D eigenvalue weighted by molar-refractivity contribution is 0.184. The van der Waals surface area contributed by atoms with E-state index in [1.54, 1.807) is 6.92 Å². The first-order valence-electron chi connectivity index (χ1n) is 5.17. The monoisotopic (exact) mass is 260 g/mol. The van der Waals surface area contributed by atoms with Gasteiger partial charge in [-0.2, -0.15) is 0 Å². The molecule has 0 spiro atoms. The number of hydrogen-bond acceptors (Lipinski definition) is 2. The predicted octanol–water partition coefficient (Wildman–Crippen LogP) is 2.37. The van der Waals surface area contributed by atoms with Crippen LogP contribution < -0.4 is 10.6 Å². The fraction of sp³-hybridized carbons (Fsp3) is 0.364. The van der Waals surface area contributed by atoms with Crippen molar-refractivity contribution in [3.63, 3.8) is 0 Å². The summed E-state index contributed by atoms with van der Waals surface area (Å²) in [6, 6.07) is 3.81. The molecule has 17 heavy (non-hydrogen) atoms. The van der Waals surface area contributed by atoms with Crippen LogP contribution in [0, 0.1) is 5.82 Å². The second kappa shape index (κ2) is 6.42. The summed E-state index contributed by atoms with van der Waals surface area (Å²) >= 11 is 5.56. The number of urea groups is 1. The molecule has 1 aromatic carbocycles. The molecule has 0 aliphatic rings. The van der Waals surface area contributed by atoms with Crippen LogP contribution in [0.3, 0.4) is 0 Å². The number of amides is 2. The molecule has 0 aliphatic heterocycles. The minimum absolute atomic E-state index is 0.0204. The van der Waals surface area contributed by atoms with E-state index in [1.807, 2.05) is 0 Å². The third-order valence-corrected chi connectivity index (χ3v) is 2.34. The van der Waals surface area contributed by atoms with Crippen LogP contribution in [0.1, 0.15) is 13.3 Å². The number of hydrogen-bond donors (Lipinski definition) is 3. The lowest BCUT2D eigenvalue weighted by atomic mass is 10.3. The average molecular weight is 261 g/mol. The molecule has 0 heterocycles. The van der Waals surface area contributed by atoms with Crippen molar-refractivity contribution in [3.8, 4) is 0 Å². The van der Waals surface area contributed by atoms with Gasteiger partial charge < -0.3 is 15.7 Å². The summed E-state index contributed by atoms with van der Waals surface area (Å²) in [5.74, 6) is -0.667. The van der Waals surface area contributed by atoms with Gasteiger partial charge in [-0.15, -0.1) is 0 Å². The normalized spacial score (nSPS) is 12.0. The van der Waals surface area contributed by atoms with Gasteiger partial charge in [-0.1, -0.05) is 17.7 Å². The highest BCUT2D eigenvalue weighted by atomic mass is 35.5. The predicted molar refractivity (Wildman–Crippen MR) is 64.7 cm³/mol. The summed E-state index contributed by atoms with van der Waals surface area (Å²) in [4.78, 5) is 11.3. The first-order valence-corrected chi connectivity index (χ1v) is 5.55. The van der Waals surface area contributed by atoms with E-state index >= 15 is 0 Å². The maximum Gasteiger partial charge on any atom is 0.319 e. The van der Waals surface area contributed by atoms with Crippen molar-refractivity contribution in [1.82, 2.24) is 5.32 Å². The van der Waals surface area contributed by atoms with Crippen molar-refractivity contribution in [2.24, 2.45) is 0 Å². The molecule has 1 aromatic rings. The van der Waals surface area contributed by atoms with Crippen LogP contribution in [0.4, 0.5) is 14.9 Å². The van der Waals surface area contributed by atoms with Gasteiger partial charge in [0.05, 0.1) is 16.8 Å². The minimum atomic E-state index is -0.667. The van der Waals surface area contributed by atoms with Gasteiger partial charge in [0.1, 0.15) is 0 Å². The second-order valence-corrected chi connectivity index (χ2v) is 4.03. The van der Waals surface area contributed by atoms with Gasteiger partial charge in [0.2, 0.25) is 0 Å². The van der Waals surface area contributed by atoms with Crippen LogP contribution in [0.5, 0.6) is 0 Å². The summed E-state index contributed by atoms with van der Waals surface area (Å²) in [5.41, 5.74) is 0.0204. The quantitative estimate of drug-likeness (QED) is 0.778. The molecular formula is C11H14ClFN2O2. The number of halogens is 2. The highest BCUT2D eigenvalue weighted by molar-refractivity contribution is 6.31. The molecule has 0 saturated heterocycles. The smallest absolute Gasteiger partial charge is 0.319 e. The topological polar surface area (TPSA) is 61.4 Å². The van der Waals surface area contributed by atoms with Crippen molar-refractivity contribution in [2.45, 2.75) is 19.4 Å². The Bertz CT molecular complexity index is 399. The maximum absolute atomic E-state index is 13.4. The van der Waals surface area contributed by atoms with Crippen LogP contribution in [-0.4, -0.2) is 23.8 Å². The second-order valence-electron chi connectivity index (χ2n) is 3.62. The largest absolute Gasteiger partial charge is 0.393 e. The van der Waals surface area contributed by atoms with E-state index in [4.69, 9.17) is 16.7 Å². The summed E-state index contributed by atoms with van der Waals surface area (Å²) in [5, 5.41) is 13.8. The van der Waals surface area contributed by atoms with Crippen LogP contribution in [-0.2, 0) is 0 Å². The first-order chi connectivity index (χ1) is 8.00. The van der Waals surface area contributed by atoms with Crippen LogP contribution >= 0.6 is 11.6 Å². The molecule has 0 aliphatic carbocycles. The summed E-state index contributed by atoms with van der Waals surface area (Å²) < 4.78 is 13.4. The zero-order valence-electron chi connectivity index (χ0n) is 9.34. The number of carbonyl (C=O) groups excluding carboxylic acids is 1. The maximum atomic E-state index is 13.4. The number of anilines is 1. The summed E-state index contributed by atoms with van der Waals surface area (Å²) in [7, 11) is 0. The van der Waals surface area contributed by atoms with Gasteiger partial charge in [0.15, 0.2) is 5.82 Å². The van der Waals surface area contributed by atoms with Crippen molar-refractivity contribution in [3.05, 3.63) is 29.0 Å². The molecule has 0 aromatic heterocycles. The molecular weight excluding hydrogens is 247 g/mol. The third-order valence-electron chi connectivity index (χ3n) is 2.05. The van der Waals surface area contributed by atoms with E-state index in [9.17, 15) is 9.18 Å². The lowest BCUT2D eigenvalue weighted by Gasteiger charge is -2.09. The molecule has 1 rings (SSSR count). The van der Waals surface area contributed by atoms with E-state index in [0.29, 0.717) is 13.0 Å². The van der Waals surface area contributed by atoms with Crippen LogP contribution in [0.2, 0.25) is 5.02 Å². The molecule has 1 unspecified atom stereocenters. The number of aliphatic hydroxyl groups is 1. The van der Waals surface area contributed by atoms with Crippen molar-refractivity contribution < 1.29 is 14.3 Å². The Balaban J connectivity index is 2.48. The fourth-order valence-electron chi connectivity index (χ4n) is 1.16. The third kappa shape index (κ3) is 4.58. The van der Waals surface area contributed by atoms with E-state index in [1.165, 1.54) is 18.2 Å². The summed E-state index contributed by atoms with van der Waals surface area (Å²) in [6.45, 7) is 1.93. The molecule has 0 radical (unpaired) electrons. The number of carbonyl (C=O) groups is 1. The highest BCUT2D eigenvalue weighted by Crippen LogP contribution is 2.21. The molecule has 1 atom stereocenters. The minimum Gasteiger partial charge on any atom is -0.393 e. The van der Waals surface area contributed by atoms with Gasteiger partial charge in [-0.05, 0) is 25.5 Å². The Morgan fingerprint density at radius 1 is 1.59 bits per heavy atom. The Hall–Kier alpha value is -1.33.